The van der Waals surface area contributed by atoms with Crippen LogP contribution < -0.4 is 5.32 Å². The van der Waals surface area contributed by atoms with Gasteiger partial charge in [-0.25, -0.2) is 0 Å². The summed E-state index contributed by atoms with van der Waals surface area (Å²) in [6.07, 6.45) is 8.11. The fourth-order valence-corrected chi connectivity index (χ4v) is 3.28. The van der Waals surface area contributed by atoms with Gasteiger partial charge in [0.1, 0.15) is 0 Å². The highest BCUT2D eigenvalue weighted by Crippen LogP contribution is 2.30. The van der Waals surface area contributed by atoms with E-state index in [1.54, 1.807) is 0 Å². The molecular weight excluding hydrogens is 232 g/mol. The molecule has 2 heteroatoms. The smallest absolute Gasteiger partial charge is 0.0248 e. The molecule has 0 heterocycles. The topological polar surface area (TPSA) is 15.3 Å². The van der Waals surface area contributed by atoms with Gasteiger partial charge < -0.3 is 10.2 Å². The molecule has 1 rings (SSSR count). The van der Waals surface area contributed by atoms with Crippen LogP contribution >= 0.6 is 0 Å². The zero-order valence-corrected chi connectivity index (χ0v) is 13.9. The minimum absolute atomic E-state index is 0.722. The van der Waals surface area contributed by atoms with Crippen molar-refractivity contribution < 1.29 is 0 Å². The van der Waals surface area contributed by atoms with Crippen LogP contribution in [0.3, 0.4) is 0 Å². The molecule has 0 aromatic heterocycles. The number of rotatable bonds is 8. The van der Waals surface area contributed by atoms with Crippen LogP contribution in [-0.4, -0.2) is 37.1 Å². The van der Waals surface area contributed by atoms with E-state index in [9.17, 15) is 0 Å². The van der Waals surface area contributed by atoms with Gasteiger partial charge in [-0.15, -0.1) is 0 Å². The summed E-state index contributed by atoms with van der Waals surface area (Å²) >= 11 is 0. The summed E-state index contributed by atoms with van der Waals surface area (Å²) in [6.45, 7) is 11.7. The largest absolute Gasteiger partial charge is 0.312 e. The molecule has 0 aromatic carbocycles. The average Bonchev–Trinajstić information content (AvgIpc) is 2.42. The van der Waals surface area contributed by atoms with Gasteiger partial charge in [-0.2, -0.15) is 0 Å². The van der Waals surface area contributed by atoms with Crippen LogP contribution in [0.5, 0.6) is 0 Å². The fourth-order valence-electron chi connectivity index (χ4n) is 3.28. The number of hydrogen-bond acceptors (Lipinski definition) is 2. The van der Waals surface area contributed by atoms with Crippen molar-refractivity contribution >= 4 is 0 Å². The van der Waals surface area contributed by atoms with E-state index in [0.717, 1.165) is 23.9 Å². The highest BCUT2D eigenvalue weighted by molar-refractivity contribution is 4.90. The van der Waals surface area contributed by atoms with Crippen molar-refractivity contribution in [1.29, 1.82) is 0 Å². The second kappa shape index (κ2) is 8.97. The SMILES string of the molecule is CCCNC1CCC(CC)CC1N(C)CCC(C)C. The van der Waals surface area contributed by atoms with Crippen molar-refractivity contribution in [2.75, 3.05) is 20.1 Å². The van der Waals surface area contributed by atoms with Crippen LogP contribution in [0.25, 0.3) is 0 Å². The van der Waals surface area contributed by atoms with Crippen molar-refractivity contribution in [3.8, 4) is 0 Å². The third kappa shape index (κ3) is 5.83. The van der Waals surface area contributed by atoms with Gasteiger partial charge in [-0.1, -0.05) is 34.1 Å². The van der Waals surface area contributed by atoms with E-state index >= 15 is 0 Å². The maximum Gasteiger partial charge on any atom is 0.0248 e. The molecule has 0 amide bonds. The molecule has 114 valence electrons. The molecular formula is C17H36N2. The number of nitrogens with one attached hydrogen (secondary N) is 1. The Morgan fingerprint density at radius 1 is 1.21 bits per heavy atom. The number of hydrogen-bond donors (Lipinski definition) is 1. The van der Waals surface area contributed by atoms with Gasteiger partial charge in [0.2, 0.25) is 0 Å². The van der Waals surface area contributed by atoms with Gasteiger partial charge in [0.15, 0.2) is 0 Å². The quantitative estimate of drug-likeness (QED) is 0.718. The van der Waals surface area contributed by atoms with Gasteiger partial charge in [-0.3, -0.25) is 0 Å². The summed E-state index contributed by atoms with van der Waals surface area (Å²) in [4.78, 5) is 2.63. The molecule has 19 heavy (non-hydrogen) atoms. The monoisotopic (exact) mass is 268 g/mol. The summed E-state index contributed by atoms with van der Waals surface area (Å²) < 4.78 is 0. The Kier molecular flexibility index (Phi) is 8.01. The van der Waals surface area contributed by atoms with Gasteiger partial charge in [0.25, 0.3) is 0 Å². The number of likely N-dealkylation sites (N-methyl/N-ethyl adjacent to an activating group) is 1. The first kappa shape index (κ1) is 17.0. The molecule has 1 N–H and O–H groups in total. The summed E-state index contributed by atoms with van der Waals surface area (Å²) in [6, 6.07) is 1.48. The third-order valence-corrected chi connectivity index (χ3v) is 4.78. The van der Waals surface area contributed by atoms with E-state index in [1.165, 1.54) is 51.6 Å². The van der Waals surface area contributed by atoms with Gasteiger partial charge in [0, 0.05) is 12.1 Å². The van der Waals surface area contributed by atoms with E-state index < -0.39 is 0 Å². The molecule has 0 radical (unpaired) electrons. The minimum atomic E-state index is 0.722. The Bertz CT molecular complexity index is 227. The predicted molar refractivity (Wildman–Crippen MR) is 85.6 cm³/mol. The molecule has 1 fully saturated rings. The highest BCUT2D eigenvalue weighted by atomic mass is 15.2. The maximum atomic E-state index is 3.79. The van der Waals surface area contributed by atoms with Crippen LogP contribution in [-0.2, 0) is 0 Å². The molecule has 0 bridgehead atoms. The molecule has 3 atom stereocenters. The van der Waals surface area contributed by atoms with Gasteiger partial charge in [-0.05, 0) is 64.1 Å². The zero-order valence-electron chi connectivity index (χ0n) is 13.9. The molecule has 0 aromatic rings. The van der Waals surface area contributed by atoms with Crippen LogP contribution in [0.2, 0.25) is 0 Å². The van der Waals surface area contributed by atoms with Crippen LogP contribution in [0.1, 0.15) is 66.2 Å². The Hall–Kier alpha value is -0.0800. The van der Waals surface area contributed by atoms with E-state index in [-0.39, 0.29) is 0 Å². The van der Waals surface area contributed by atoms with Crippen molar-refractivity contribution in [2.45, 2.75) is 78.3 Å². The van der Waals surface area contributed by atoms with Crippen molar-refractivity contribution in [2.24, 2.45) is 11.8 Å². The van der Waals surface area contributed by atoms with E-state index in [2.05, 4.69) is 45.0 Å². The van der Waals surface area contributed by atoms with Crippen LogP contribution in [0, 0.1) is 11.8 Å². The average molecular weight is 268 g/mol. The first-order chi connectivity index (χ1) is 9.08. The summed E-state index contributed by atoms with van der Waals surface area (Å²) in [5, 5.41) is 3.79. The lowest BCUT2D eigenvalue weighted by Gasteiger charge is -2.42. The number of nitrogens with zero attached hydrogens (tertiary/aromatic N) is 1. The van der Waals surface area contributed by atoms with Crippen LogP contribution in [0.4, 0.5) is 0 Å². The van der Waals surface area contributed by atoms with Crippen molar-refractivity contribution in [3.05, 3.63) is 0 Å². The molecule has 0 aliphatic heterocycles. The highest BCUT2D eigenvalue weighted by Gasteiger charge is 2.31. The molecule has 1 aliphatic rings. The summed E-state index contributed by atoms with van der Waals surface area (Å²) in [5.74, 6) is 1.77. The first-order valence-electron chi connectivity index (χ1n) is 8.52. The minimum Gasteiger partial charge on any atom is -0.312 e. The molecule has 3 unspecified atom stereocenters. The van der Waals surface area contributed by atoms with E-state index in [4.69, 9.17) is 0 Å². The first-order valence-corrected chi connectivity index (χ1v) is 8.52. The van der Waals surface area contributed by atoms with E-state index in [0.29, 0.717) is 0 Å². The lowest BCUT2D eigenvalue weighted by Crippen LogP contribution is -2.52. The standard InChI is InChI=1S/C17H36N2/c1-6-11-18-16-9-8-15(7-2)13-17(16)19(5)12-10-14(3)4/h14-18H,6-13H2,1-5H3. The Morgan fingerprint density at radius 3 is 2.53 bits per heavy atom. The fraction of sp³-hybridized carbons (Fsp3) is 1.00. The molecule has 1 aliphatic carbocycles. The summed E-state index contributed by atoms with van der Waals surface area (Å²) in [5.41, 5.74) is 0. The molecule has 1 saturated carbocycles. The summed E-state index contributed by atoms with van der Waals surface area (Å²) in [7, 11) is 2.34. The second-order valence-electron chi connectivity index (χ2n) is 6.88. The van der Waals surface area contributed by atoms with Crippen molar-refractivity contribution in [3.63, 3.8) is 0 Å². The van der Waals surface area contributed by atoms with Gasteiger partial charge >= 0.3 is 0 Å². The zero-order chi connectivity index (χ0) is 14.3. The lowest BCUT2D eigenvalue weighted by molar-refractivity contribution is 0.113. The Labute approximate surface area is 121 Å². The third-order valence-electron chi connectivity index (χ3n) is 4.78. The maximum absolute atomic E-state index is 3.79. The van der Waals surface area contributed by atoms with Crippen LogP contribution in [0.15, 0.2) is 0 Å². The Morgan fingerprint density at radius 2 is 1.95 bits per heavy atom. The molecule has 0 saturated heterocycles. The predicted octanol–water partition coefficient (Wildman–Crippen LogP) is 3.91. The van der Waals surface area contributed by atoms with Gasteiger partial charge in [0.05, 0.1) is 0 Å². The molecule has 0 spiro atoms. The van der Waals surface area contributed by atoms with Crippen molar-refractivity contribution in [1.82, 2.24) is 10.2 Å². The normalized spacial score (nSPS) is 28.3. The Balaban J connectivity index is 2.53. The second-order valence-corrected chi connectivity index (χ2v) is 6.88. The lowest BCUT2D eigenvalue weighted by atomic mass is 9.80. The van der Waals surface area contributed by atoms with E-state index in [1.807, 2.05) is 0 Å². The molecule has 2 nitrogen and oxygen atoms in total.